The fourth-order valence-corrected chi connectivity index (χ4v) is 4.83. The largest absolute Gasteiger partial charge is 0.350 e. The number of aromatic amines is 1. The quantitative estimate of drug-likeness (QED) is 0.609. The Bertz CT molecular complexity index is 1130. The summed E-state index contributed by atoms with van der Waals surface area (Å²) in [7, 11) is 0. The van der Waals surface area contributed by atoms with Gasteiger partial charge in [-0.3, -0.25) is 19.3 Å². The molecule has 1 saturated heterocycles. The maximum Gasteiger partial charge on any atom is 0.316 e. The van der Waals surface area contributed by atoms with E-state index in [1.807, 2.05) is 13.0 Å². The van der Waals surface area contributed by atoms with E-state index in [0.29, 0.717) is 29.7 Å². The number of carbonyl (C=O) groups excluding carboxylic acids is 1. The number of hydrogen-bond acceptors (Lipinski definition) is 5. The second-order valence-electron chi connectivity index (χ2n) is 7.22. The third kappa shape index (κ3) is 3.90. The van der Waals surface area contributed by atoms with E-state index in [1.165, 1.54) is 22.3 Å². The van der Waals surface area contributed by atoms with E-state index in [2.05, 4.69) is 26.6 Å². The topological polar surface area (TPSA) is 87.2 Å². The summed E-state index contributed by atoms with van der Waals surface area (Å²) < 4.78 is 1.41. The lowest BCUT2D eigenvalue weighted by atomic mass is 10.1. The molecule has 1 aliphatic rings. The summed E-state index contributed by atoms with van der Waals surface area (Å²) in [4.78, 5) is 42.9. The Balaban J connectivity index is 1.56. The lowest BCUT2D eigenvalue weighted by Crippen LogP contribution is -2.37. The first-order valence-corrected chi connectivity index (χ1v) is 10.8. The van der Waals surface area contributed by atoms with E-state index in [0.717, 1.165) is 13.1 Å². The maximum absolute atomic E-state index is 12.8. The van der Waals surface area contributed by atoms with Gasteiger partial charge in [-0.05, 0) is 62.5 Å². The van der Waals surface area contributed by atoms with E-state index in [1.54, 1.807) is 29.5 Å². The molecule has 1 amide bonds. The van der Waals surface area contributed by atoms with Crippen LogP contribution in [0.1, 0.15) is 41.0 Å². The number of fused-ring (bicyclic) bond motifs is 1. The van der Waals surface area contributed by atoms with Gasteiger partial charge in [-0.1, -0.05) is 6.07 Å². The lowest BCUT2D eigenvalue weighted by Gasteiger charge is -2.27. The van der Waals surface area contributed by atoms with Gasteiger partial charge in [0.1, 0.15) is 0 Å². The highest BCUT2D eigenvalue weighted by atomic mass is 32.1. The van der Waals surface area contributed by atoms with Gasteiger partial charge < -0.3 is 14.9 Å². The van der Waals surface area contributed by atoms with Crippen LogP contribution in [0.15, 0.2) is 45.3 Å². The van der Waals surface area contributed by atoms with Crippen LogP contribution in [0.4, 0.5) is 0 Å². The lowest BCUT2D eigenvalue weighted by molar-refractivity contribution is 0.0938. The van der Waals surface area contributed by atoms with E-state index < -0.39 is 11.1 Å². The Morgan fingerprint density at radius 3 is 2.72 bits per heavy atom. The van der Waals surface area contributed by atoms with Crippen LogP contribution in [0.25, 0.3) is 11.0 Å². The van der Waals surface area contributed by atoms with E-state index in [9.17, 15) is 14.4 Å². The summed E-state index contributed by atoms with van der Waals surface area (Å²) in [6.07, 6.45) is 2.37. The first-order valence-electron chi connectivity index (χ1n) is 9.91. The van der Waals surface area contributed by atoms with Crippen LogP contribution in [-0.2, 0) is 6.54 Å². The third-order valence-electron chi connectivity index (χ3n) is 5.46. The van der Waals surface area contributed by atoms with Crippen molar-refractivity contribution in [1.29, 1.82) is 0 Å². The molecule has 2 N–H and O–H groups in total. The molecule has 0 radical (unpaired) electrons. The van der Waals surface area contributed by atoms with Gasteiger partial charge in [0.2, 0.25) is 0 Å². The standard InChI is InChI=1S/C21H24N4O3S/c1-2-25-16-8-7-14(12-15(16)23-20(27)21(25)28)19(26)22-13-17(18-6-5-11-29-18)24-9-3-4-10-24/h5-8,11-12,17H,2-4,9-10,13H2,1H3,(H,22,26)(H,23,27)/t17-/m0/s1. The van der Waals surface area contributed by atoms with Gasteiger partial charge in [-0.15, -0.1) is 11.3 Å². The highest BCUT2D eigenvalue weighted by molar-refractivity contribution is 7.10. The molecule has 8 heteroatoms. The van der Waals surface area contributed by atoms with Crippen molar-refractivity contribution in [2.45, 2.75) is 32.4 Å². The highest BCUT2D eigenvalue weighted by Gasteiger charge is 2.25. The Kier molecular flexibility index (Phi) is 5.64. The van der Waals surface area contributed by atoms with Crippen molar-refractivity contribution in [3.63, 3.8) is 0 Å². The molecule has 1 aliphatic heterocycles. The number of aryl methyl sites for hydroxylation is 1. The van der Waals surface area contributed by atoms with E-state index in [-0.39, 0.29) is 11.9 Å². The zero-order valence-electron chi connectivity index (χ0n) is 16.3. The van der Waals surface area contributed by atoms with E-state index in [4.69, 9.17) is 0 Å². The Morgan fingerprint density at radius 2 is 2.03 bits per heavy atom. The van der Waals surface area contributed by atoms with Crippen LogP contribution in [0.2, 0.25) is 0 Å². The fourth-order valence-electron chi connectivity index (χ4n) is 3.97. The van der Waals surface area contributed by atoms with Gasteiger partial charge in [-0.2, -0.15) is 0 Å². The number of hydrogen-bond donors (Lipinski definition) is 2. The van der Waals surface area contributed by atoms with Gasteiger partial charge in [0.05, 0.1) is 17.1 Å². The zero-order chi connectivity index (χ0) is 20.4. The monoisotopic (exact) mass is 412 g/mol. The number of likely N-dealkylation sites (tertiary alicyclic amines) is 1. The molecule has 0 aliphatic carbocycles. The number of nitrogens with one attached hydrogen (secondary N) is 2. The summed E-state index contributed by atoms with van der Waals surface area (Å²) in [6, 6.07) is 9.36. The number of H-pyrrole nitrogens is 1. The summed E-state index contributed by atoms with van der Waals surface area (Å²) in [5.41, 5.74) is 0.298. The van der Waals surface area contributed by atoms with Crippen molar-refractivity contribution < 1.29 is 4.79 Å². The number of amides is 1. The third-order valence-corrected chi connectivity index (χ3v) is 6.44. The Hall–Kier alpha value is -2.71. The summed E-state index contributed by atoms with van der Waals surface area (Å²) in [5.74, 6) is -0.192. The molecular weight excluding hydrogens is 388 g/mol. The number of rotatable bonds is 6. The number of thiophene rings is 1. The van der Waals surface area contributed by atoms with Crippen LogP contribution < -0.4 is 16.4 Å². The summed E-state index contributed by atoms with van der Waals surface area (Å²) in [5, 5.41) is 5.11. The molecule has 0 saturated carbocycles. The van der Waals surface area contributed by atoms with Crippen molar-refractivity contribution >= 4 is 28.3 Å². The van der Waals surface area contributed by atoms with Crippen LogP contribution in [0.5, 0.6) is 0 Å². The van der Waals surface area contributed by atoms with Crippen molar-refractivity contribution in [2.75, 3.05) is 19.6 Å². The second-order valence-corrected chi connectivity index (χ2v) is 8.20. The summed E-state index contributed by atoms with van der Waals surface area (Å²) in [6.45, 7) is 4.82. The molecule has 0 bridgehead atoms. The normalized spacial score (nSPS) is 15.6. The van der Waals surface area contributed by atoms with Crippen molar-refractivity contribution in [3.8, 4) is 0 Å². The highest BCUT2D eigenvalue weighted by Crippen LogP contribution is 2.28. The van der Waals surface area contributed by atoms with Crippen LogP contribution in [-0.4, -0.2) is 40.0 Å². The van der Waals surface area contributed by atoms with E-state index >= 15 is 0 Å². The number of carbonyl (C=O) groups is 1. The molecule has 0 unspecified atom stereocenters. The minimum absolute atomic E-state index is 0.173. The Morgan fingerprint density at radius 1 is 1.24 bits per heavy atom. The molecule has 2 aromatic heterocycles. The fraction of sp³-hybridized carbons (Fsp3) is 0.381. The summed E-state index contributed by atoms with van der Waals surface area (Å²) >= 11 is 1.71. The molecule has 152 valence electrons. The van der Waals surface area contributed by atoms with Gasteiger partial charge in [0.25, 0.3) is 5.91 Å². The van der Waals surface area contributed by atoms with Crippen molar-refractivity contribution in [1.82, 2.24) is 19.8 Å². The minimum Gasteiger partial charge on any atom is -0.350 e. The first-order chi connectivity index (χ1) is 14.1. The molecule has 1 aromatic carbocycles. The molecule has 3 aromatic rings. The SMILES string of the molecule is CCn1c(=O)c(=O)[nH]c2cc(C(=O)NC[C@@H](c3cccs3)N3CCCC3)ccc21. The molecule has 29 heavy (non-hydrogen) atoms. The van der Waals surface area contributed by atoms with Gasteiger partial charge >= 0.3 is 11.1 Å². The number of aromatic nitrogens is 2. The number of nitrogens with zero attached hydrogens (tertiary/aromatic N) is 2. The predicted molar refractivity (Wildman–Crippen MR) is 115 cm³/mol. The molecule has 1 fully saturated rings. The molecule has 7 nitrogen and oxygen atoms in total. The van der Waals surface area contributed by atoms with Crippen molar-refractivity contribution in [2.24, 2.45) is 0 Å². The van der Waals surface area contributed by atoms with Crippen LogP contribution in [0.3, 0.4) is 0 Å². The van der Waals surface area contributed by atoms with Crippen LogP contribution in [0, 0.1) is 0 Å². The van der Waals surface area contributed by atoms with Gasteiger partial charge in [0, 0.05) is 23.5 Å². The average Bonchev–Trinajstić information content (AvgIpc) is 3.43. The predicted octanol–water partition coefficient (Wildman–Crippen LogP) is 2.34. The van der Waals surface area contributed by atoms with Crippen LogP contribution >= 0.6 is 11.3 Å². The number of benzene rings is 1. The van der Waals surface area contributed by atoms with Crippen molar-refractivity contribution in [3.05, 3.63) is 66.9 Å². The minimum atomic E-state index is -0.677. The van der Waals surface area contributed by atoms with Gasteiger partial charge in [0.15, 0.2) is 0 Å². The molecular formula is C21H24N4O3S. The molecule has 3 heterocycles. The zero-order valence-corrected chi connectivity index (χ0v) is 17.1. The Labute approximate surface area is 172 Å². The first kappa shape index (κ1) is 19.6. The second kappa shape index (κ2) is 8.34. The maximum atomic E-state index is 12.8. The van der Waals surface area contributed by atoms with Gasteiger partial charge in [-0.25, -0.2) is 0 Å². The smallest absolute Gasteiger partial charge is 0.316 e. The average molecular weight is 413 g/mol. The molecule has 1 atom stereocenters. The molecule has 4 rings (SSSR count). The molecule has 0 spiro atoms.